The molecule has 0 aliphatic rings. The Morgan fingerprint density at radius 2 is 1.86 bits per heavy atom. The number of aromatic nitrogens is 1. The summed E-state index contributed by atoms with van der Waals surface area (Å²) >= 11 is 0. The van der Waals surface area contributed by atoms with Gasteiger partial charge in [-0.2, -0.15) is 0 Å². The van der Waals surface area contributed by atoms with Crippen LogP contribution in [0.5, 0.6) is 5.75 Å². The van der Waals surface area contributed by atoms with Gasteiger partial charge in [-0.15, -0.1) is 0 Å². The lowest BCUT2D eigenvalue weighted by Crippen LogP contribution is -2.43. The number of hydrogen-bond acceptors (Lipinski definition) is 4. The van der Waals surface area contributed by atoms with Crippen LogP contribution in [-0.2, 0) is 9.59 Å². The molecule has 0 saturated carbocycles. The summed E-state index contributed by atoms with van der Waals surface area (Å²) in [4.78, 5) is 28.0. The highest BCUT2D eigenvalue weighted by Crippen LogP contribution is 2.19. The van der Waals surface area contributed by atoms with Gasteiger partial charge in [0.05, 0.1) is 17.9 Å². The molecule has 0 aliphatic carbocycles. The van der Waals surface area contributed by atoms with Crippen molar-refractivity contribution in [3.63, 3.8) is 0 Å². The number of amides is 2. The zero-order valence-corrected chi connectivity index (χ0v) is 14.9. The van der Waals surface area contributed by atoms with E-state index < -0.39 is 23.7 Å². The molecule has 0 radical (unpaired) electrons. The standard InChI is InChI=1S/C20H17F2N3O3/c1-12(11-28-16-7-5-14(21)6-8-16)24-19(26)20(27)25-15-9-13-3-2-4-17(22)18(13)23-10-15/h2-10,12H,11H2,1H3,(H,24,26)(H,25,27). The first-order valence-electron chi connectivity index (χ1n) is 8.47. The van der Waals surface area contributed by atoms with E-state index in [2.05, 4.69) is 15.6 Å². The number of hydrogen-bond donors (Lipinski definition) is 2. The summed E-state index contributed by atoms with van der Waals surface area (Å²) < 4.78 is 31.9. The molecular weight excluding hydrogens is 368 g/mol. The van der Waals surface area contributed by atoms with Gasteiger partial charge in [-0.05, 0) is 43.3 Å². The van der Waals surface area contributed by atoms with E-state index in [9.17, 15) is 18.4 Å². The summed E-state index contributed by atoms with van der Waals surface area (Å²) in [5, 5.41) is 5.42. The first kappa shape index (κ1) is 19.2. The number of ether oxygens (including phenoxy) is 1. The van der Waals surface area contributed by atoms with Crippen molar-refractivity contribution in [3.05, 3.63) is 66.4 Å². The second kappa shape index (κ2) is 8.43. The lowest BCUT2D eigenvalue weighted by Gasteiger charge is -2.15. The third-order valence-electron chi connectivity index (χ3n) is 3.82. The van der Waals surface area contributed by atoms with Crippen molar-refractivity contribution in [3.8, 4) is 5.75 Å². The van der Waals surface area contributed by atoms with E-state index in [0.717, 1.165) is 0 Å². The maximum atomic E-state index is 13.6. The van der Waals surface area contributed by atoms with Crippen LogP contribution < -0.4 is 15.4 Å². The van der Waals surface area contributed by atoms with Crippen molar-refractivity contribution in [2.24, 2.45) is 0 Å². The molecule has 3 rings (SSSR count). The smallest absolute Gasteiger partial charge is 0.313 e. The summed E-state index contributed by atoms with van der Waals surface area (Å²) in [6.07, 6.45) is 1.28. The van der Waals surface area contributed by atoms with E-state index >= 15 is 0 Å². The molecule has 0 spiro atoms. The van der Waals surface area contributed by atoms with Gasteiger partial charge < -0.3 is 15.4 Å². The number of carbonyl (C=O) groups excluding carboxylic acids is 2. The second-order valence-electron chi connectivity index (χ2n) is 6.13. The van der Waals surface area contributed by atoms with Crippen molar-refractivity contribution in [2.45, 2.75) is 13.0 Å². The summed E-state index contributed by atoms with van der Waals surface area (Å²) in [7, 11) is 0. The van der Waals surface area contributed by atoms with E-state index in [1.807, 2.05) is 0 Å². The average molecular weight is 385 g/mol. The summed E-state index contributed by atoms with van der Waals surface area (Å²) in [6.45, 7) is 1.76. The van der Waals surface area contributed by atoms with E-state index in [4.69, 9.17) is 4.74 Å². The monoisotopic (exact) mass is 385 g/mol. The number of carbonyl (C=O) groups is 2. The van der Waals surface area contributed by atoms with E-state index in [0.29, 0.717) is 11.1 Å². The van der Waals surface area contributed by atoms with E-state index in [1.165, 1.54) is 48.7 Å². The third-order valence-corrected chi connectivity index (χ3v) is 3.82. The number of para-hydroxylation sites is 1. The van der Waals surface area contributed by atoms with Crippen LogP contribution >= 0.6 is 0 Å². The number of anilines is 1. The summed E-state index contributed by atoms with van der Waals surface area (Å²) in [5.41, 5.74) is 0.449. The van der Waals surface area contributed by atoms with Crippen LogP contribution in [0, 0.1) is 11.6 Å². The van der Waals surface area contributed by atoms with Crippen LogP contribution in [0.4, 0.5) is 14.5 Å². The Balaban J connectivity index is 1.54. The zero-order valence-electron chi connectivity index (χ0n) is 14.9. The molecule has 144 valence electrons. The van der Waals surface area contributed by atoms with Gasteiger partial charge in [0.1, 0.15) is 29.5 Å². The summed E-state index contributed by atoms with van der Waals surface area (Å²) in [6, 6.07) is 11.0. The molecule has 2 amide bonds. The highest BCUT2D eigenvalue weighted by molar-refractivity contribution is 6.39. The fourth-order valence-corrected chi connectivity index (χ4v) is 2.46. The maximum Gasteiger partial charge on any atom is 0.313 e. The number of fused-ring (bicyclic) bond motifs is 1. The molecule has 1 atom stereocenters. The highest BCUT2D eigenvalue weighted by atomic mass is 19.1. The van der Waals surface area contributed by atoms with Crippen molar-refractivity contribution in [1.82, 2.24) is 10.3 Å². The van der Waals surface area contributed by atoms with Crippen molar-refractivity contribution in [2.75, 3.05) is 11.9 Å². The molecular formula is C20H17F2N3O3. The molecule has 2 aromatic carbocycles. The largest absolute Gasteiger partial charge is 0.491 e. The minimum absolute atomic E-state index is 0.0987. The molecule has 0 fully saturated rings. The molecule has 1 unspecified atom stereocenters. The molecule has 0 aliphatic heterocycles. The van der Waals surface area contributed by atoms with Crippen LogP contribution in [-0.4, -0.2) is 29.4 Å². The van der Waals surface area contributed by atoms with Crippen LogP contribution in [0.2, 0.25) is 0 Å². The van der Waals surface area contributed by atoms with Crippen LogP contribution in [0.25, 0.3) is 10.9 Å². The second-order valence-corrected chi connectivity index (χ2v) is 6.13. The first-order chi connectivity index (χ1) is 13.4. The Morgan fingerprint density at radius 3 is 2.61 bits per heavy atom. The van der Waals surface area contributed by atoms with Gasteiger partial charge in [-0.3, -0.25) is 14.6 Å². The Kier molecular flexibility index (Phi) is 5.78. The molecule has 1 aromatic heterocycles. The fraction of sp³-hybridized carbons (Fsp3) is 0.150. The van der Waals surface area contributed by atoms with E-state index in [-0.39, 0.29) is 23.6 Å². The number of rotatable bonds is 5. The van der Waals surface area contributed by atoms with Crippen molar-refractivity contribution >= 4 is 28.4 Å². The average Bonchev–Trinajstić information content (AvgIpc) is 2.67. The van der Waals surface area contributed by atoms with Crippen molar-refractivity contribution < 1.29 is 23.1 Å². The van der Waals surface area contributed by atoms with E-state index in [1.54, 1.807) is 13.0 Å². The quantitative estimate of drug-likeness (QED) is 0.662. The Morgan fingerprint density at radius 1 is 1.11 bits per heavy atom. The lowest BCUT2D eigenvalue weighted by molar-refractivity contribution is -0.136. The number of benzene rings is 2. The molecule has 28 heavy (non-hydrogen) atoms. The van der Waals surface area contributed by atoms with Crippen molar-refractivity contribution in [1.29, 1.82) is 0 Å². The number of nitrogens with one attached hydrogen (secondary N) is 2. The van der Waals surface area contributed by atoms with Gasteiger partial charge >= 0.3 is 11.8 Å². The fourth-order valence-electron chi connectivity index (χ4n) is 2.46. The summed E-state index contributed by atoms with van der Waals surface area (Å²) in [5.74, 6) is -2.14. The van der Waals surface area contributed by atoms with Crippen LogP contribution in [0.15, 0.2) is 54.7 Å². The van der Waals surface area contributed by atoms with Gasteiger partial charge in [-0.25, -0.2) is 8.78 Å². The highest BCUT2D eigenvalue weighted by Gasteiger charge is 2.17. The van der Waals surface area contributed by atoms with Gasteiger partial charge in [0.25, 0.3) is 0 Å². The van der Waals surface area contributed by atoms with Gasteiger partial charge in [-0.1, -0.05) is 12.1 Å². The predicted octanol–water partition coefficient (Wildman–Crippen LogP) is 3.04. The maximum absolute atomic E-state index is 13.6. The molecule has 3 aromatic rings. The Bertz CT molecular complexity index is 1010. The molecule has 8 heteroatoms. The number of halogens is 2. The molecule has 1 heterocycles. The SMILES string of the molecule is CC(COc1ccc(F)cc1)NC(=O)C(=O)Nc1cnc2c(F)cccc2c1. The van der Waals surface area contributed by atoms with Gasteiger partial charge in [0.2, 0.25) is 0 Å². The van der Waals surface area contributed by atoms with Crippen LogP contribution in [0.1, 0.15) is 6.92 Å². The van der Waals surface area contributed by atoms with Crippen LogP contribution in [0.3, 0.4) is 0 Å². The van der Waals surface area contributed by atoms with Gasteiger partial charge in [0, 0.05) is 5.39 Å². The first-order valence-corrected chi connectivity index (χ1v) is 8.47. The molecule has 0 bridgehead atoms. The molecule has 6 nitrogen and oxygen atoms in total. The molecule has 0 saturated heterocycles. The number of nitrogens with zero attached hydrogens (tertiary/aromatic N) is 1. The predicted molar refractivity (Wildman–Crippen MR) is 99.8 cm³/mol. The topological polar surface area (TPSA) is 80.3 Å². The third kappa shape index (κ3) is 4.79. The lowest BCUT2D eigenvalue weighted by atomic mass is 10.2. The normalized spacial score (nSPS) is 11.7. The molecule has 2 N–H and O–H groups in total. The zero-order chi connectivity index (χ0) is 20.1. The Labute approximate surface area is 159 Å². The minimum Gasteiger partial charge on any atom is -0.491 e. The Hall–Kier alpha value is -3.55. The minimum atomic E-state index is -0.883. The number of pyridine rings is 1. The van der Waals surface area contributed by atoms with Gasteiger partial charge in [0.15, 0.2) is 0 Å².